The molecule has 2 aromatic heterocycles. The van der Waals surface area contributed by atoms with Crippen molar-refractivity contribution >= 4 is 34.6 Å². The molecule has 7 aliphatic rings. The summed E-state index contributed by atoms with van der Waals surface area (Å²) in [5.74, 6) is 1.68. The molecule has 11 unspecified atom stereocenters. The van der Waals surface area contributed by atoms with Crippen LogP contribution in [0.15, 0.2) is 53.4 Å². The lowest BCUT2D eigenvalue weighted by molar-refractivity contribution is -0.175. The summed E-state index contributed by atoms with van der Waals surface area (Å²) in [6, 6.07) is 8.20. The van der Waals surface area contributed by atoms with Gasteiger partial charge in [-0.1, -0.05) is 65.3 Å². The molecular weight excluding hydrogens is 699 g/mol. The lowest BCUT2D eigenvalue weighted by atomic mass is 9.32. The molecule has 2 aromatic rings. The maximum Gasteiger partial charge on any atom is 0.410 e. The molecule has 2 bridgehead atoms. The molecule has 2 spiro atoms. The number of carbonyl (C=O) groups excluding carboxylic acids is 2. The molecule has 4 fully saturated rings. The number of ketones is 1. The highest BCUT2D eigenvalue weighted by molar-refractivity contribution is 7.14. The Morgan fingerprint density at radius 1 is 1.00 bits per heavy atom. The number of fused-ring (bicyclic) bond motifs is 1. The molecule has 9 rings (SSSR count). The van der Waals surface area contributed by atoms with Crippen molar-refractivity contribution in [3.8, 4) is 0 Å². The van der Waals surface area contributed by atoms with Crippen molar-refractivity contribution in [3.63, 3.8) is 0 Å². The number of aryl methyl sites for hydroxylation is 1. The topological polar surface area (TPSA) is 87.1 Å². The largest absolute Gasteiger partial charge is 0.446 e. The summed E-state index contributed by atoms with van der Waals surface area (Å²) in [6.07, 6.45) is 15.6. The van der Waals surface area contributed by atoms with Gasteiger partial charge in [0.1, 0.15) is 6.10 Å². The number of hydrogen-bond donors (Lipinski definition) is 2. The summed E-state index contributed by atoms with van der Waals surface area (Å²) in [7, 11) is 0. The number of amides is 1. The number of Topliss-reactive ketones (excluding diaryl/α,β-unsaturated/α-hetero) is 1. The number of hydrogen-bond acceptors (Lipinski definition) is 7. The van der Waals surface area contributed by atoms with Crippen LogP contribution in [0.1, 0.15) is 118 Å². The maximum atomic E-state index is 14.8. The van der Waals surface area contributed by atoms with Gasteiger partial charge in [0.2, 0.25) is 0 Å². The number of carbonyl (C=O) groups is 2. The van der Waals surface area contributed by atoms with E-state index in [-0.39, 0.29) is 53.3 Å². The third-order valence-corrected chi connectivity index (χ3v) is 18.0. The molecule has 8 heteroatoms. The highest BCUT2D eigenvalue weighted by Crippen LogP contribution is 2.78. The quantitative estimate of drug-likeness (QED) is 0.196. The summed E-state index contributed by atoms with van der Waals surface area (Å²) in [5, 5.41) is 26.3. The molecule has 0 aromatic carbocycles. The predicted octanol–water partition coefficient (Wildman–Crippen LogP) is 10.0. The monoisotopic (exact) mass is 759 g/mol. The zero-order valence-electron chi connectivity index (χ0n) is 32.7. The normalized spacial score (nSPS) is 41.4. The molecule has 2 N–H and O–H groups in total. The van der Waals surface area contributed by atoms with Crippen LogP contribution in [0.5, 0.6) is 0 Å². The van der Waals surface area contributed by atoms with Crippen molar-refractivity contribution in [1.29, 1.82) is 0 Å². The predicted molar refractivity (Wildman–Crippen MR) is 213 cm³/mol. The Morgan fingerprint density at radius 3 is 2.47 bits per heavy atom. The van der Waals surface area contributed by atoms with Crippen LogP contribution in [0.3, 0.4) is 0 Å². The molecule has 288 valence electrons. The van der Waals surface area contributed by atoms with Gasteiger partial charge in [0, 0.05) is 38.1 Å². The van der Waals surface area contributed by atoms with Gasteiger partial charge in [0.15, 0.2) is 5.78 Å². The number of ether oxygens (including phenoxy) is 1. The summed E-state index contributed by atoms with van der Waals surface area (Å²) in [4.78, 5) is 34.2. The van der Waals surface area contributed by atoms with E-state index in [4.69, 9.17) is 4.74 Å². The molecule has 7 aliphatic carbocycles. The number of nitrogens with zero attached hydrogens (tertiary/aromatic N) is 1. The first-order valence-electron chi connectivity index (χ1n) is 20.6. The lowest BCUT2D eigenvalue weighted by Crippen LogP contribution is -2.67. The van der Waals surface area contributed by atoms with Gasteiger partial charge in [-0.3, -0.25) is 4.79 Å². The second-order valence-electron chi connectivity index (χ2n) is 19.0. The van der Waals surface area contributed by atoms with E-state index >= 15 is 0 Å². The van der Waals surface area contributed by atoms with E-state index in [1.807, 2.05) is 17.0 Å². The van der Waals surface area contributed by atoms with Crippen molar-refractivity contribution in [2.24, 2.45) is 51.2 Å². The van der Waals surface area contributed by atoms with Crippen LogP contribution in [0, 0.1) is 58.2 Å². The average molecular weight is 760 g/mol. The lowest BCUT2D eigenvalue weighted by Gasteiger charge is -2.71. The molecular formula is C45H61NO5S2. The Balaban J connectivity index is 1.15. The maximum absolute atomic E-state index is 14.8. The Labute approximate surface area is 325 Å². The molecule has 53 heavy (non-hydrogen) atoms. The van der Waals surface area contributed by atoms with Crippen molar-refractivity contribution in [2.45, 2.75) is 130 Å². The molecule has 6 nitrogen and oxygen atoms in total. The fraction of sp³-hybridized carbons (Fsp3) is 0.689. The minimum absolute atomic E-state index is 0.0351. The van der Waals surface area contributed by atoms with Crippen LogP contribution in [-0.4, -0.2) is 57.9 Å². The van der Waals surface area contributed by atoms with Crippen molar-refractivity contribution < 1.29 is 24.5 Å². The number of thiophene rings is 2. The fourth-order valence-corrected chi connectivity index (χ4v) is 14.5. The van der Waals surface area contributed by atoms with E-state index in [2.05, 4.69) is 77.3 Å². The fourth-order valence-electron chi connectivity index (χ4n) is 13.0. The van der Waals surface area contributed by atoms with Gasteiger partial charge in [0.25, 0.3) is 0 Å². The molecule has 11 atom stereocenters. The smallest absolute Gasteiger partial charge is 0.410 e. The summed E-state index contributed by atoms with van der Waals surface area (Å²) in [5.41, 5.74) is -1.74. The standard InChI is InChI=1S/C45H61NO5S2/c1-28(2)33-11-9-29(3)24-35(33)51-40(49)46(22-16-32-8-7-23-52-32)27-44(50)19-15-38-42(44,6)18-14-37-41(5)17-13-31(47)25-43(41)20-21-45(37,38)34(26-43)39(48)36-12-10-30(4)53-36/h7-8,10,12,20-21,23,26,28-29,31,33,35,37-38,47,50H,9,11,13-19,22,24-25,27H2,1-6H3. The third kappa shape index (κ3) is 5.81. The highest BCUT2D eigenvalue weighted by atomic mass is 32.1. The van der Waals surface area contributed by atoms with E-state index in [0.717, 1.165) is 66.7 Å². The van der Waals surface area contributed by atoms with Crippen LogP contribution in [-0.2, 0) is 11.2 Å². The summed E-state index contributed by atoms with van der Waals surface area (Å²) < 4.78 is 6.50. The highest BCUT2D eigenvalue weighted by Gasteiger charge is 2.74. The van der Waals surface area contributed by atoms with E-state index in [1.165, 1.54) is 11.3 Å². The minimum Gasteiger partial charge on any atom is -0.446 e. The minimum atomic E-state index is -1.14. The first-order chi connectivity index (χ1) is 25.1. The van der Waals surface area contributed by atoms with Crippen LogP contribution in [0.4, 0.5) is 4.79 Å². The van der Waals surface area contributed by atoms with Gasteiger partial charge >= 0.3 is 6.09 Å². The van der Waals surface area contributed by atoms with Crippen LogP contribution in [0.25, 0.3) is 0 Å². The Morgan fingerprint density at radius 2 is 1.75 bits per heavy atom. The van der Waals surface area contributed by atoms with Gasteiger partial charge in [0.05, 0.1) is 23.1 Å². The zero-order chi connectivity index (χ0) is 37.6. The van der Waals surface area contributed by atoms with Gasteiger partial charge in [-0.05, 0) is 130 Å². The van der Waals surface area contributed by atoms with Crippen LogP contribution < -0.4 is 0 Å². The molecule has 4 saturated carbocycles. The SMILES string of the molecule is Cc1ccc(C(=O)C2=CC34C=CC25C(CCC2(C)C5CCC2(O)CN(CCc2cccs2)C(=O)OC2CC(C)CCC2C(C)C)C3(C)CCC(O)C4)s1. The van der Waals surface area contributed by atoms with Crippen molar-refractivity contribution in [3.05, 3.63) is 68.1 Å². The number of aliphatic hydroxyl groups is 2. The van der Waals surface area contributed by atoms with Gasteiger partial charge < -0.3 is 19.8 Å². The number of aliphatic hydroxyl groups excluding tert-OH is 1. The van der Waals surface area contributed by atoms with E-state index in [9.17, 15) is 19.8 Å². The average Bonchev–Trinajstić information content (AvgIpc) is 3.86. The molecule has 0 saturated heterocycles. The number of rotatable bonds is 9. The summed E-state index contributed by atoms with van der Waals surface area (Å²) >= 11 is 3.27. The van der Waals surface area contributed by atoms with Crippen LogP contribution in [0.2, 0.25) is 0 Å². The van der Waals surface area contributed by atoms with E-state index in [0.29, 0.717) is 37.1 Å². The first-order valence-corrected chi connectivity index (χ1v) is 22.3. The van der Waals surface area contributed by atoms with Crippen molar-refractivity contribution in [2.75, 3.05) is 13.1 Å². The van der Waals surface area contributed by atoms with Gasteiger partial charge in [-0.15, -0.1) is 22.7 Å². The van der Waals surface area contributed by atoms with Gasteiger partial charge in [-0.25, -0.2) is 4.79 Å². The second-order valence-corrected chi connectivity index (χ2v) is 21.4. The Kier molecular flexibility index (Phi) is 9.55. The Bertz CT molecular complexity index is 1780. The second kappa shape index (κ2) is 13.4. The van der Waals surface area contributed by atoms with E-state index in [1.54, 1.807) is 22.7 Å². The zero-order valence-corrected chi connectivity index (χ0v) is 34.4. The first kappa shape index (κ1) is 37.7. The third-order valence-electron chi connectivity index (χ3n) is 16.1. The van der Waals surface area contributed by atoms with Gasteiger partial charge in [-0.2, -0.15) is 0 Å². The molecule has 0 radical (unpaired) electrons. The van der Waals surface area contributed by atoms with Crippen molar-refractivity contribution in [1.82, 2.24) is 4.90 Å². The van der Waals surface area contributed by atoms with Crippen LogP contribution >= 0.6 is 22.7 Å². The molecule has 0 aliphatic heterocycles. The van der Waals surface area contributed by atoms with E-state index < -0.39 is 16.4 Å². The summed E-state index contributed by atoms with van der Waals surface area (Å²) in [6.45, 7) is 14.2. The number of allylic oxidation sites excluding steroid dienone is 4. The molecule has 2 heterocycles. The Hall–Kier alpha value is -2.26. The molecule has 1 amide bonds.